The molecule has 20 nitrogen and oxygen atoms in total. The topological polar surface area (TPSA) is 242 Å². The van der Waals surface area contributed by atoms with Crippen LogP contribution in [-0.2, 0) is 39.9 Å². The number of aromatic amines is 1. The van der Waals surface area contributed by atoms with E-state index < -0.39 is 41.0 Å². The van der Waals surface area contributed by atoms with Crippen LogP contribution in [0.5, 0.6) is 11.5 Å². The highest BCUT2D eigenvalue weighted by Crippen LogP contribution is 2.42. The Morgan fingerprint density at radius 3 is 2.26 bits per heavy atom. The van der Waals surface area contributed by atoms with E-state index in [1.807, 2.05) is 73.3 Å². The Kier molecular flexibility index (Phi) is 21.4. The van der Waals surface area contributed by atoms with Crippen LogP contribution in [0.25, 0.3) is 32.9 Å². The number of amides is 4. The molecule has 0 spiro atoms. The van der Waals surface area contributed by atoms with Gasteiger partial charge >= 0.3 is 5.97 Å². The lowest BCUT2D eigenvalue weighted by Crippen LogP contribution is -2.53. The lowest BCUT2D eigenvalue weighted by atomic mass is 9.84. The van der Waals surface area contributed by atoms with Crippen molar-refractivity contribution in [3.8, 4) is 22.6 Å². The summed E-state index contributed by atoms with van der Waals surface area (Å²) in [6.07, 6.45) is 6.88. The quantitative estimate of drug-likeness (QED) is 0.0140. The zero-order valence-corrected chi connectivity index (χ0v) is 50.1. The summed E-state index contributed by atoms with van der Waals surface area (Å²) >= 11 is 6.93. The fourth-order valence-corrected chi connectivity index (χ4v) is 10.9. The number of carbonyl (C=O) groups is 6. The summed E-state index contributed by atoms with van der Waals surface area (Å²) in [4.78, 5) is 93.9. The van der Waals surface area contributed by atoms with E-state index in [1.165, 1.54) is 11.0 Å². The molecule has 2 fully saturated rings. The minimum Gasteiger partial charge on any atom is -0.493 e. The molecule has 4 amide bonds. The van der Waals surface area contributed by atoms with E-state index in [-0.39, 0.29) is 59.2 Å². The van der Waals surface area contributed by atoms with Gasteiger partial charge in [0.25, 0.3) is 5.91 Å². The average molecular weight is 1190 g/mol. The molecule has 85 heavy (non-hydrogen) atoms. The normalized spacial score (nSPS) is 14.8. The molecule has 1 unspecified atom stereocenters. The zero-order valence-electron chi connectivity index (χ0n) is 49.3. The molecule has 0 radical (unpaired) electrons. The maximum absolute atomic E-state index is 17.0. The Morgan fingerprint density at radius 1 is 0.847 bits per heavy atom. The molecular formula is C63H77ClFN11O9. The second-order valence-electron chi connectivity index (χ2n) is 22.0. The van der Waals surface area contributed by atoms with Gasteiger partial charge in [-0.3, -0.25) is 29.1 Å². The predicted octanol–water partition coefficient (Wildman–Crippen LogP) is 9.05. The van der Waals surface area contributed by atoms with Gasteiger partial charge in [-0.1, -0.05) is 63.2 Å². The van der Waals surface area contributed by atoms with Crippen molar-refractivity contribution >= 4 is 86.2 Å². The second-order valence-corrected chi connectivity index (χ2v) is 22.4. The van der Waals surface area contributed by atoms with Gasteiger partial charge in [0.2, 0.25) is 29.5 Å². The second kappa shape index (κ2) is 29.0. The summed E-state index contributed by atoms with van der Waals surface area (Å²) < 4.78 is 34.3. The molecule has 8 rings (SSSR count). The van der Waals surface area contributed by atoms with E-state index in [9.17, 15) is 28.8 Å². The van der Waals surface area contributed by atoms with E-state index >= 15 is 4.39 Å². The number of hydrogen-bond acceptors (Lipinski definition) is 15. The van der Waals surface area contributed by atoms with Crippen LogP contribution in [0.15, 0.2) is 79.5 Å². The first kappa shape index (κ1) is 62.7. The summed E-state index contributed by atoms with van der Waals surface area (Å²) in [6.45, 7) is 14.1. The molecule has 2 aromatic heterocycles. The number of nitrogens with one attached hydrogen (secondary N) is 5. The highest BCUT2D eigenvalue weighted by atomic mass is 35.5. The number of aryl methyl sites for hydroxylation is 2. The van der Waals surface area contributed by atoms with E-state index in [0.717, 1.165) is 27.9 Å². The van der Waals surface area contributed by atoms with Gasteiger partial charge in [-0.25, -0.2) is 14.2 Å². The third kappa shape index (κ3) is 15.3. The number of likely N-dealkylation sites (tertiary alicyclic amines) is 1. The number of ketones is 1. The van der Waals surface area contributed by atoms with E-state index in [2.05, 4.69) is 43.0 Å². The number of hydrogen-bond donors (Lipinski definition) is 5. The number of piperazine rings is 1. The number of Topliss-reactive ketones (excluding diaryl/α,β-unsaturated/α-hetero) is 1. The molecule has 0 aliphatic carbocycles. The summed E-state index contributed by atoms with van der Waals surface area (Å²) in [6, 6.07) is 17.6. The van der Waals surface area contributed by atoms with Gasteiger partial charge in [0.1, 0.15) is 23.5 Å². The van der Waals surface area contributed by atoms with Crippen molar-refractivity contribution in [2.75, 3.05) is 88.7 Å². The molecule has 6 aromatic rings. The van der Waals surface area contributed by atoms with Crippen LogP contribution in [-0.4, -0.2) is 145 Å². The number of ether oxygens (including phenoxy) is 3. The van der Waals surface area contributed by atoms with Crippen LogP contribution in [0, 0.1) is 18.2 Å². The lowest BCUT2D eigenvalue weighted by molar-refractivity contribution is -0.164. The summed E-state index contributed by atoms with van der Waals surface area (Å²) in [5, 5.41) is 20.7. The maximum Gasteiger partial charge on any atom is 0.329 e. The van der Waals surface area contributed by atoms with Crippen molar-refractivity contribution in [3.63, 3.8) is 0 Å². The Bertz CT molecular complexity index is 3420. The first-order valence-corrected chi connectivity index (χ1v) is 29.5. The first-order chi connectivity index (χ1) is 40.9. The summed E-state index contributed by atoms with van der Waals surface area (Å²) in [5.74, 6) is -1.18. The first-order valence-electron chi connectivity index (χ1n) is 29.1. The van der Waals surface area contributed by atoms with Gasteiger partial charge in [0.15, 0.2) is 17.3 Å². The predicted molar refractivity (Wildman–Crippen MR) is 326 cm³/mol. The van der Waals surface area contributed by atoms with Crippen molar-refractivity contribution in [1.29, 1.82) is 0 Å². The third-order valence-corrected chi connectivity index (χ3v) is 16.3. The number of rotatable bonds is 27. The number of piperidine rings is 1. The van der Waals surface area contributed by atoms with E-state index in [4.69, 9.17) is 30.8 Å². The van der Waals surface area contributed by atoms with Crippen molar-refractivity contribution < 1.29 is 47.4 Å². The largest absolute Gasteiger partial charge is 0.493 e. The molecule has 22 heteroatoms. The van der Waals surface area contributed by atoms with Gasteiger partial charge < -0.3 is 50.2 Å². The van der Waals surface area contributed by atoms with Crippen molar-refractivity contribution in [1.82, 2.24) is 40.6 Å². The Hall–Kier alpha value is -8.33. The molecule has 0 saturated carbocycles. The Labute approximate surface area is 499 Å². The molecular weight excluding hydrogens is 1110 g/mol. The maximum atomic E-state index is 17.0. The zero-order chi connectivity index (χ0) is 60.8. The van der Waals surface area contributed by atoms with Gasteiger partial charge in [0.05, 0.1) is 31.0 Å². The number of anilines is 3. The number of carbonyl (C=O) groups excluding carboxylic acids is 6. The lowest BCUT2D eigenvalue weighted by Gasteiger charge is -2.36. The fourth-order valence-electron chi connectivity index (χ4n) is 10.6. The SMILES string of the molecule is C=CC(=O)N1CCN(c2nc(NCCC(=O)NCCCCNC(=O)CCNc3cccc([C@@H](CCc4ccc(OC)c(OC)c4)OC(=O)C4CCCCN4C(=O)C(=O)C(C)(C)CC)c3)nc3c(F)c(-c4c(C)ccc5[nH]ncc45)c(Cl)cc23)CC1. The number of benzene rings is 4. The minimum atomic E-state index is -0.897. The van der Waals surface area contributed by atoms with E-state index in [0.29, 0.717) is 137 Å². The summed E-state index contributed by atoms with van der Waals surface area (Å²) in [7, 11) is 3.14. The molecule has 2 aliphatic rings. The molecule has 2 saturated heterocycles. The number of H-pyrrole nitrogens is 1. The fraction of sp³-hybridized carbons (Fsp3) is 0.444. The molecule has 4 aromatic carbocycles. The standard InChI is InChI=1S/C63H77ClFN11O9/c1-8-53(79)74-31-33-75(34-32-74)59-43-37-45(64)55(54-39(3)18-21-46-44(54)38-70-73-46)56(65)57(43)71-62(72-59)69-29-25-52(78)68-27-12-11-26-67-51(77)24-28-66-42-16-14-15-41(36-42)48(22-19-40-20-23-49(83-6)50(35-40)84-7)85-61(82)47-17-10-13-30-76(47)60(81)58(80)63(4,5)9-2/h8,14-16,18,20-21,23,35-38,47-48,66H,1,9-13,17,19,22,24-34H2,2-7H3,(H,67,77)(H,68,78)(H,70,73)(H,69,71,72)/t47?,48-/m1/s1. The van der Waals surface area contributed by atoms with Crippen LogP contribution in [0.2, 0.25) is 5.02 Å². The number of methoxy groups -OCH3 is 2. The molecule has 4 heterocycles. The highest BCUT2D eigenvalue weighted by molar-refractivity contribution is 6.38. The average Bonchev–Trinajstić information content (AvgIpc) is 4.14. The monoisotopic (exact) mass is 1190 g/mol. The summed E-state index contributed by atoms with van der Waals surface area (Å²) in [5.41, 5.74) is 3.86. The van der Waals surface area contributed by atoms with Crippen LogP contribution in [0.3, 0.4) is 0 Å². The molecule has 452 valence electrons. The molecule has 2 atom stereocenters. The number of unbranched alkanes of at least 4 members (excludes halogenated alkanes) is 1. The highest BCUT2D eigenvalue weighted by Gasteiger charge is 2.41. The smallest absolute Gasteiger partial charge is 0.329 e. The number of aromatic nitrogens is 4. The van der Waals surface area contributed by atoms with Crippen LogP contribution >= 0.6 is 11.6 Å². The van der Waals surface area contributed by atoms with Crippen molar-refractivity contribution in [3.05, 3.63) is 107 Å². The number of esters is 1. The van der Waals surface area contributed by atoms with Gasteiger partial charge in [-0.15, -0.1) is 0 Å². The van der Waals surface area contributed by atoms with E-state index in [1.54, 1.807) is 45.2 Å². The molecule has 5 N–H and O–H groups in total. The minimum absolute atomic E-state index is 0.0475. The number of halogens is 2. The van der Waals surface area contributed by atoms with Crippen LogP contribution in [0.1, 0.15) is 101 Å². The number of fused-ring (bicyclic) bond motifs is 2. The van der Waals surface area contributed by atoms with Gasteiger partial charge in [-0.2, -0.15) is 10.1 Å². The Balaban J connectivity index is 0.816. The Morgan fingerprint density at radius 2 is 1.56 bits per heavy atom. The third-order valence-electron chi connectivity index (χ3n) is 16.0. The molecule has 0 bridgehead atoms. The van der Waals surface area contributed by atoms with Gasteiger partial charge in [0, 0.05) is 105 Å². The van der Waals surface area contributed by atoms with Crippen LogP contribution in [0.4, 0.5) is 21.8 Å². The van der Waals surface area contributed by atoms with Crippen molar-refractivity contribution in [2.24, 2.45) is 5.41 Å². The van der Waals surface area contributed by atoms with Crippen LogP contribution < -0.4 is 35.6 Å². The van der Waals surface area contributed by atoms with Gasteiger partial charge in [-0.05, 0) is 117 Å². The molecule has 2 aliphatic heterocycles. The van der Waals surface area contributed by atoms with Crippen molar-refractivity contribution in [2.45, 2.75) is 104 Å². The number of nitrogens with zero attached hydrogens (tertiary/aromatic N) is 6.